The Hall–Kier alpha value is -0.0900. The van der Waals surface area contributed by atoms with E-state index in [0.717, 1.165) is 29.0 Å². The van der Waals surface area contributed by atoms with Crippen molar-refractivity contribution in [2.75, 3.05) is 13.2 Å². The molecule has 0 aromatic heterocycles. The normalized spacial score (nSPS) is 21.6. The number of aliphatic hydroxyl groups is 1. The first kappa shape index (κ1) is 12.4. The van der Waals surface area contributed by atoms with Crippen LogP contribution in [0.15, 0.2) is 22.7 Å². The van der Waals surface area contributed by atoms with Gasteiger partial charge in [-0.25, -0.2) is 0 Å². The van der Waals surface area contributed by atoms with Crippen LogP contribution in [-0.4, -0.2) is 29.2 Å². The SMILES string of the molecule is OC[C@H]1CCCN1Cc1cc(Cl)ccc1Br. The Bertz CT molecular complexity index is 372. The summed E-state index contributed by atoms with van der Waals surface area (Å²) in [7, 11) is 0. The van der Waals surface area contributed by atoms with Crippen LogP contribution in [0.2, 0.25) is 5.02 Å². The van der Waals surface area contributed by atoms with Gasteiger partial charge in [-0.15, -0.1) is 0 Å². The van der Waals surface area contributed by atoms with Gasteiger partial charge in [-0.2, -0.15) is 0 Å². The van der Waals surface area contributed by atoms with Crippen molar-refractivity contribution in [3.8, 4) is 0 Å². The highest BCUT2D eigenvalue weighted by atomic mass is 79.9. The summed E-state index contributed by atoms with van der Waals surface area (Å²) in [6.45, 7) is 2.16. The van der Waals surface area contributed by atoms with E-state index in [1.165, 1.54) is 12.0 Å². The summed E-state index contributed by atoms with van der Waals surface area (Å²) < 4.78 is 1.08. The fraction of sp³-hybridized carbons (Fsp3) is 0.500. The Morgan fingerprint density at radius 3 is 3.06 bits per heavy atom. The lowest BCUT2D eigenvalue weighted by Gasteiger charge is -2.23. The number of halogens is 2. The summed E-state index contributed by atoms with van der Waals surface area (Å²) in [5.41, 5.74) is 1.19. The standard InChI is InChI=1S/C12H15BrClNO/c13-12-4-3-10(14)6-9(12)7-15-5-1-2-11(15)8-16/h3-4,6,11,16H,1-2,5,7-8H2/t11-/m1/s1. The van der Waals surface area contributed by atoms with Gasteiger partial charge in [0, 0.05) is 22.1 Å². The third-order valence-corrected chi connectivity index (χ3v) is 4.10. The zero-order valence-electron chi connectivity index (χ0n) is 9.00. The first-order valence-corrected chi connectivity index (χ1v) is 6.66. The van der Waals surface area contributed by atoms with Crippen LogP contribution in [0.4, 0.5) is 0 Å². The monoisotopic (exact) mass is 303 g/mol. The van der Waals surface area contributed by atoms with E-state index in [9.17, 15) is 5.11 Å². The highest BCUT2D eigenvalue weighted by molar-refractivity contribution is 9.10. The number of hydrogen-bond acceptors (Lipinski definition) is 2. The van der Waals surface area contributed by atoms with Crippen molar-refractivity contribution in [1.82, 2.24) is 4.90 Å². The molecule has 0 amide bonds. The van der Waals surface area contributed by atoms with Gasteiger partial charge in [0.1, 0.15) is 0 Å². The summed E-state index contributed by atoms with van der Waals surface area (Å²) in [4.78, 5) is 2.32. The van der Waals surface area contributed by atoms with Gasteiger partial charge in [-0.1, -0.05) is 27.5 Å². The second kappa shape index (κ2) is 5.50. The summed E-state index contributed by atoms with van der Waals surface area (Å²) in [5.74, 6) is 0. The largest absolute Gasteiger partial charge is 0.395 e. The Balaban J connectivity index is 2.11. The van der Waals surface area contributed by atoms with Crippen molar-refractivity contribution in [3.05, 3.63) is 33.3 Å². The van der Waals surface area contributed by atoms with Crippen molar-refractivity contribution in [2.24, 2.45) is 0 Å². The van der Waals surface area contributed by atoms with Crippen molar-refractivity contribution in [2.45, 2.75) is 25.4 Å². The molecular weight excluding hydrogens is 289 g/mol. The van der Waals surface area contributed by atoms with Crippen LogP contribution in [-0.2, 0) is 6.54 Å². The predicted octanol–water partition coefficient (Wildman–Crippen LogP) is 3.06. The molecular formula is C12H15BrClNO. The molecule has 2 rings (SSSR count). The third kappa shape index (κ3) is 2.77. The Morgan fingerprint density at radius 2 is 2.31 bits per heavy atom. The molecule has 1 saturated heterocycles. The van der Waals surface area contributed by atoms with E-state index in [-0.39, 0.29) is 6.61 Å². The zero-order chi connectivity index (χ0) is 11.5. The Labute approximate surface area is 109 Å². The number of benzene rings is 1. The third-order valence-electron chi connectivity index (χ3n) is 3.09. The molecule has 2 nitrogen and oxygen atoms in total. The molecule has 88 valence electrons. The van der Waals surface area contributed by atoms with Crippen LogP contribution >= 0.6 is 27.5 Å². The first-order chi connectivity index (χ1) is 7.70. The summed E-state index contributed by atoms with van der Waals surface area (Å²) >= 11 is 9.52. The van der Waals surface area contributed by atoms with Crippen molar-refractivity contribution < 1.29 is 5.11 Å². The Morgan fingerprint density at radius 1 is 1.50 bits per heavy atom. The minimum atomic E-state index is 0.248. The number of nitrogens with zero attached hydrogens (tertiary/aromatic N) is 1. The fourth-order valence-electron chi connectivity index (χ4n) is 2.19. The van der Waals surface area contributed by atoms with Gasteiger partial charge in [0.05, 0.1) is 6.61 Å². The van der Waals surface area contributed by atoms with E-state index in [0.29, 0.717) is 6.04 Å². The van der Waals surface area contributed by atoms with Crippen LogP contribution in [0.1, 0.15) is 18.4 Å². The lowest BCUT2D eigenvalue weighted by molar-refractivity contribution is 0.153. The van der Waals surface area contributed by atoms with Crippen molar-refractivity contribution in [3.63, 3.8) is 0 Å². The molecule has 1 heterocycles. The highest BCUT2D eigenvalue weighted by Gasteiger charge is 2.24. The van der Waals surface area contributed by atoms with Crippen LogP contribution in [0.25, 0.3) is 0 Å². The van der Waals surface area contributed by atoms with E-state index >= 15 is 0 Å². The molecule has 0 unspecified atom stereocenters. The smallest absolute Gasteiger partial charge is 0.0587 e. The maximum atomic E-state index is 9.26. The molecule has 0 bridgehead atoms. The van der Waals surface area contributed by atoms with Crippen molar-refractivity contribution in [1.29, 1.82) is 0 Å². The van der Waals surface area contributed by atoms with Crippen LogP contribution in [0, 0.1) is 0 Å². The van der Waals surface area contributed by atoms with Crippen LogP contribution in [0.5, 0.6) is 0 Å². The minimum Gasteiger partial charge on any atom is -0.395 e. The first-order valence-electron chi connectivity index (χ1n) is 5.49. The van der Waals surface area contributed by atoms with E-state index in [1.807, 2.05) is 18.2 Å². The summed E-state index contributed by atoms with van der Waals surface area (Å²) in [6.07, 6.45) is 2.26. The predicted molar refractivity (Wildman–Crippen MR) is 69.7 cm³/mol. The molecule has 0 aliphatic carbocycles. The summed E-state index contributed by atoms with van der Waals surface area (Å²) in [6, 6.07) is 6.15. The Kier molecular flexibility index (Phi) is 4.25. The number of hydrogen-bond donors (Lipinski definition) is 1. The lowest BCUT2D eigenvalue weighted by atomic mass is 10.2. The van der Waals surface area contributed by atoms with Gasteiger partial charge in [0.2, 0.25) is 0 Å². The minimum absolute atomic E-state index is 0.248. The second-order valence-electron chi connectivity index (χ2n) is 4.18. The van der Waals surface area contributed by atoms with Gasteiger partial charge >= 0.3 is 0 Å². The molecule has 1 aliphatic heterocycles. The van der Waals surface area contributed by atoms with Gasteiger partial charge in [-0.3, -0.25) is 4.90 Å². The molecule has 1 N–H and O–H groups in total. The topological polar surface area (TPSA) is 23.5 Å². The molecule has 1 aliphatic rings. The molecule has 4 heteroatoms. The number of aliphatic hydroxyl groups excluding tert-OH is 1. The van der Waals surface area contributed by atoms with E-state index < -0.39 is 0 Å². The molecule has 16 heavy (non-hydrogen) atoms. The quantitative estimate of drug-likeness (QED) is 0.928. The molecule has 1 aromatic rings. The van der Waals surface area contributed by atoms with Crippen LogP contribution in [0.3, 0.4) is 0 Å². The average Bonchev–Trinajstić information content (AvgIpc) is 2.71. The van der Waals surface area contributed by atoms with Crippen LogP contribution < -0.4 is 0 Å². The average molecular weight is 305 g/mol. The van der Waals surface area contributed by atoms with E-state index in [1.54, 1.807) is 0 Å². The van der Waals surface area contributed by atoms with Gasteiger partial charge in [0.25, 0.3) is 0 Å². The summed E-state index contributed by atoms with van der Waals surface area (Å²) in [5, 5.41) is 10.0. The molecule has 0 radical (unpaired) electrons. The molecule has 1 atom stereocenters. The fourth-order valence-corrected chi connectivity index (χ4v) is 2.76. The molecule has 1 aromatic carbocycles. The molecule has 0 spiro atoms. The van der Waals surface area contributed by atoms with E-state index in [2.05, 4.69) is 20.8 Å². The van der Waals surface area contributed by atoms with Crippen molar-refractivity contribution >= 4 is 27.5 Å². The molecule has 0 saturated carbocycles. The lowest BCUT2D eigenvalue weighted by Crippen LogP contribution is -2.31. The van der Waals surface area contributed by atoms with Gasteiger partial charge in [0.15, 0.2) is 0 Å². The van der Waals surface area contributed by atoms with Gasteiger partial charge in [-0.05, 0) is 43.1 Å². The molecule has 1 fully saturated rings. The maximum Gasteiger partial charge on any atom is 0.0587 e. The second-order valence-corrected chi connectivity index (χ2v) is 5.48. The number of likely N-dealkylation sites (tertiary alicyclic amines) is 1. The van der Waals surface area contributed by atoms with E-state index in [4.69, 9.17) is 11.6 Å². The van der Waals surface area contributed by atoms with Gasteiger partial charge < -0.3 is 5.11 Å². The maximum absolute atomic E-state index is 9.26. The number of rotatable bonds is 3. The zero-order valence-corrected chi connectivity index (χ0v) is 11.3. The highest BCUT2D eigenvalue weighted by Crippen LogP contribution is 2.26.